The molecule has 20 heteroatoms. The molecule has 3 heterocycles. The first-order valence-corrected chi connectivity index (χ1v) is 26.4. The summed E-state index contributed by atoms with van der Waals surface area (Å²) in [5.74, 6) is -0.498. The second kappa shape index (κ2) is 29.6. The van der Waals surface area contributed by atoms with Crippen LogP contribution in [0.25, 0.3) is 5.32 Å². The fourth-order valence-corrected chi connectivity index (χ4v) is 9.91. The first-order valence-electron chi connectivity index (χ1n) is 23.6. The molecule has 0 saturated carbocycles. The van der Waals surface area contributed by atoms with Crippen LogP contribution in [0, 0.1) is 0 Å². The van der Waals surface area contributed by atoms with Crippen LogP contribution >= 0.6 is 0 Å². The molecule has 1 fully saturated rings. The number of hydrogen-bond acceptors (Lipinski definition) is 14. The molecule has 0 spiro atoms. The Hall–Kier alpha value is -1.28. The SMILES string of the molecule is CCN1/C(=C\C=C\C2=[N+](CCCCCC(=O)[N-]CCCC(=O)OCCCCCCN=C=NCCCN3CCOCC3)c3ccc(S(=O)(=O)[O-])cc3C2(C)C)C(C)(C)c2cc(S(=O)(=O)[O-])ccc21.[K+].[K+]. The Labute approximate surface area is 495 Å². The third-order valence-corrected chi connectivity index (χ3v) is 14.3. The molecule has 0 aromatic heterocycles. The molecule has 3 aliphatic rings. The normalized spacial score (nSPS) is 16.9. The number of rotatable bonds is 26. The molecule has 0 radical (unpaired) electrons. The molecule has 16 nitrogen and oxygen atoms in total. The smallest absolute Gasteiger partial charge is 0.744 e. The van der Waals surface area contributed by atoms with Crippen molar-refractivity contribution in [2.24, 2.45) is 9.98 Å². The van der Waals surface area contributed by atoms with Crippen LogP contribution in [0.4, 0.5) is 11.4 Å². The van der Waals surface area contributed by atoms with E-state index in [1.54, 1.807) is 12.1 Å². The molecule has 0 unspecified atom stereocenters. The van der Waals surface area contributed by atoms with Gasteiger partial charge in [-0.25, -0.2) is 26.8 Å². The zero-order valence-corrected chi connectivity index (χ0v) is 49.7. The van der Waals surface area contributed by atoms with Crippen LogP contribution in [0.5, 0.6) is 0 Å². The van der Waals surface area contributed by atoms with E-state index >= 15 is 0 Å². The number of esters is 1. The van der Waals surface area contributed by atoms with Crippen molar-refractivity contribution in [2.45, 2.75) is 126 Å². The largest absolute Gasteiger partial charge is 1.00 e. The van der Waals surface area contributed by atoms with Crippen LogP contribution < -0.4 is 108 Å². The molecule has 0 bridgehead atoms. The van der Waals surface area contributed by atoms with Crippen molar-refractivity contribution in [2.75, 3.05) is 77.1 Å². The van der Waals surface area contributed by atoms with Crippen molar-refractivity contribution in [1.29, 1.82) is 0 Å². The van der Waals surface area contributed by atoms with E-state index in [0.717, 1.165) is 106 Å². The van der Waals surface area contributed by atoms with Crippen molar-refractivity contribution in [3.05, 3.63) is 76.8 Å². The predicted molar refractivity (Wildman–Crippen MR) is 257 cm³/mol. The summed E-state index contributed by atoms with van der Waals surface area (Å²) in [7, 11) is -9.34. The Bertz CT molecular complexity index is 2450. The minimum atomic E-state index is -4.70. The average molecular weight is 1040 g/mol. The van der Waals surface area contributed by atoms with Gasteiger partial charge in [-0.3, -0.25) is 9.69 Å². The summed E-state index contributed by atoms with van der Waals surface area (Å²) >= 11 is 0. The first kappa shape index (κ1) is 62.0. The summed E-state index contributed by atoms with van der Waals surface area (Å²) in [4.78, 5) is 37.1. The maximum atomic E-state index is 12.6. The predicted octanol–water partition coefficient (Wildman–Crippen LogP) is 1.38. The van der Waals surface area contributed by atoms with E-state index in [2.05, 4.69) is 35.7 Å². The Morgan fingerprint density at radius 1 is 0.826 bits per heavy atom. The molecule has 368 valence electrons. The molecular weight excluding hydrogens is 975 g/mol. The average Bonchev–Trinajstić information content (AvgIpc) is 3.63. The van der Waals surface area contributed by atoms with Gasteiger partial charge in [-0.1, -0.05) is 32.8 Å². The van der Waals surface area contributed by atoms with E-state index in [0.29, 0.717) is 51.1 Å². The van der Waals surface area contributed by atoms with Gasteiger partial charge < -0.3 is 33.6 Å². The number of hydrogen-bond donors (Lipinski definition) is 0. The van der Waals surface area contributed by atoms with Crippen LogP contribution in [0.15, 0.2) is 80.1 Å². The van der Waals surface area contributed by atoms with Crippen LogP contribution in [0.2, 0.25) is 0 Å². The zero-order chi connectivity index (χ0) is 48.7. The second-order valence-corrected chi connectivity index (χ2v) is 21.0. The van der Waals surface area contributed by atoms with E-state index < -0.39 is 31.1 Å². The van der Waals surface area contributed by atoms with Crippen molar-refractivity contribution < 1.29 is 152 Å². The van der Waals surface area contributed by atoms with E-state index in [-0.39, 0.29) is 144 Å². The third-order valence-electron chi connectivity index (χ3n) is 12.6. The molecule has 5 rings (SSSR count). The number of amides is 1. The molecule has 3 aliphatic heterocycles. The molecule has 0 aliphatic carbocycles. The monoisotopic (exact) mass is 1040 g/mol. The minimum absolute atomic E-state index is 0. The number of allylic oxidation sites excluding steroid dienone is 4. The van der Waals surface area contributed by atoms with Crippen LogP contribution in [0.3, 0.4) is 0 Å². The van der Waals surface area contributed by atoms with Gasteiger partial charge in [-0.05, 0) is 108 Å². The number of benzene rings is 2. The minimum Gasteiger partial charge on any atom is -0.744 e. The standard InChI is InChI=1S/C49H70N6O10S2.2K/c1-6-54-42-23-21-38(66(58,59)60)35-40(42)48(2,3)44(54)17-14-18-45-49(4,5)41-36-39(67(61,62)63)22-24-43(41)55(45)29-12-9-10-19-46(56)52-27-15-20-47(57)65-32-13-8-7-11-25-50-37-51-26-16-28-53-30-33-64-34-31-53;;/h14,17-18,21-24,35-36H,6-13,15-16,19-20,25-34H2,1-5H3,(H2-,52,56,58,59,60,61,62,63);;/q;2*+1/p-2. The summed E-state index contributed by atoms with van der Waals surface area (Å²) in [5.41, 5.74) is 3.53. The molecule has 0 N–H and O–H groups in total. The van der Waals surface area contributed by atoms with Crippen LogP contribution in [-0.2, 0) is 50.1 Å². The van der Waals surface area contributed by atoms with Gasteiger partial charge >= 0.3 is 109 Å². The first-order chi connectivity index (χ1) is 31.9. The molecule has 2 aromatic carbocycles. The van der Waals surface area contributed by atoms with Gasteiger partial charge in [0.15, 0.2) is 5.71 Å². The van der Waals surface area contributed by atoms with E-state index in [1.807, 2.05) is 52.8 Å². The quantitative estimate of drug-likeness (QED) is 0.0327. The van der Waals surface area contributed by atoms with Crippen molar-refractivity contribution in [1.82, 2.24) is 4.90 Å². The van der Waals surface area contributed by atoms with Gasteiger partial charge in [-0.15, -0.1) is 6.54 Å². The summed E-state index contributed by atoms with van der Waals surface area (Å²) in [6.45, 7) is 17.7. The number of ether oxygens (including phenoxy) is 2. The Morgan fingerprint density at radius 3 is 2.14 bits per heavy atom. The molecule has 0 atom stereocenters. The van der Waals surface area contributed by atoms with Crippen molar-refractivity contribution >= 4 is 55.2 Å². The number of morpholine rings is 1. The number of anilines is 1. The Balaban J connectivity index is 0.00000630. The fraction of sp³-hybridized carbons (Fsp3) is 0.592. The van der Waals surface area contributed by atoms with E-state index in [1.165, 1.54) is 24.3 Å². The Kier molecular flexibility index (Phi) is 26.6. The van der Waals surface area contributed by atoms with Gasteiger partial charge in [0.1, 0.15) is 26.8 Å². The van der Waals surface area contributed by atoms with Gasteiger partial charge in [0, 0.05) is 80.1 Å². The summed E-state index contributed by atoms with van der Waals surface area (Å²) in [6.07, 6.45) is 13.5. The van der Waals surface area contributed by atoms with E-state index in [4.69, 9.17) is 9.47 Å². The summed E-state index contributed by atoms with van der Waals surface area (Å²) < 4.78 is 84.6. The topological polar surface area (TPSA) is 215 Å². The molecular formula is C49H68K2N6O10S2. The van der Waals surface area contributed by atoms with Crippen LogP contribution in [-0.4, -0.2) is 131 Å². The molecule has 1 amide bonds. The van der Waals surface area contributed by atoms with Crippen molar-refractivity contribution in [3.63, 3.8) is 0 Å². The number of aliphatic imine (C=N–C) groups is 2. The second-order valence-electron chi connectivity index (χ2n) is 18.2. The zero-order valence-electron chi connectivity index (χ0n) is 41.8. The summed E-state index contributed by atoms with van der Waals surface area (Å²) in [5, 5.41) is 4.14. The maximum Gasteiger partial charge on any atom is 1.00 e. The summed E-state index contributed by atoms with van der Waals surface area (Å²) in [6, 6.07) is 11.7. The van der Waals surface area contributed by atoms with Gasteiger partial charge in [0.25, 0.3) is 0 Å². The molecule has 2 aromatic rings. The number of fused-ring (bicyclic) bond motifs is 2. The van der Waals surface area contributed by atoms with E-state index in [9.17, 15) is 35.5 Å². The maximum absolute atomic E-state index is 12.6. The number of carbonyl (C=O) groups is 2. The fourth-order valence-electron chi connectivity index (χ4n) is 8.91. The van der Waals surface area contributed by atoms with Gasteiger partial charge in [-0.2, -0.15) is 4.58 Å². The number of carbonyl (C=O) groups excluding carboxylic acids is 2. The van der Waals surface area contributed by atoms with Gasteiger partial charge in [0.2, 0.25) is 5.69 Å². The molecule has 69 heavy (non-hydrogen) atoms. The number of unbranched alkanes of at least 4 members (excludes halogenated alkanes) is 5. The number of likely N-dealkylation sites (N-methyl/N-ethyl adjacent to an activating group) is 1. The Morgan fingerprint density at radius 2 is 1.46 bits per heavy atom. The third kappa shape index (κ3) is 18.3. The van der Waals surface area contributed by atoms with Crippen molar-refractivity contribution in [3.8, 4) is 0 Å². The molecule has 1 saturated heterocycles. The number of nitrogens with zero attached hydrogens (tertiary/aromatic N) is 6. The van der Waals surface area contributed by atoms with Gasteiger partial charge in [0.05, 0.1) is 53.5 Å². The van der Waals surface area contributed by atoms with Crippen LogP contribution in [0.1, 0.15) is 116 Å².